The second-order valence-corrected chi connectivity index (χ2v) is 9.79. The van der Waals surface area contributed by atoms with Crippen molar-refractivity contribution in [3.63, 3.8) is 0 Å². The summed E-state index contributed by atoms with van der Waals surface area (Å²) in [4.78, 5) is 15.9. The van der Waals surface area contributed by atoms with Gasteiger partial charge in [-0.3, -0.25) is 5.32 Å². The van der Waals surface area contributed by atoms with E-state index in [1.165, 1.54) is 11.3 Å². The summed E-state index contributed by atoms with van der Waals surface area (Å²) in [5.41, 5.74) is 1.41. The van der Waals surface area contributed by atoms with Crippen molar-refractivity contribution < 1.29 is 14.5 Å². The van der Waals surface area contributed by atoms with Crippen molar-refractivity contribution in [3.8, 4) is 0 Å². The normalized spacial score (nSPS) is 14.2. The maximum atomic E-state index is 12.7. The van der Waals surface area contributed by atoms with E-state index < -0.39 is 28.2 Å². The minimum Gasteiger partial charge on any atom is -0.598 e. The number of aromatic nitrogens is 1. The van der Waals surface area contributed by atoms with Gasteiger partial charge in [0, 0.05) is 16.4 Å². The Bertz CT molecular complexity index is 761. The molecule has 0 fully saturated rings. The number of amides is 1. The summed E-state index contributed by atoms with van der Waals surface area (Å²) in [7, 11) is 0. The molecule has 1 aromatic carbocycles. The molecule has 0 bridgehead atoms. The molecule has 2 aromatic rings. The summed E-state index contributed by atoms with van der Waals surface area (Å²) in [6.45, 7) is 7.40. The SMILES string of the molecule is Cc1nc(NC(=O)O)sc1C(N[S+]([O-])C(C)(C)C)c1ccccc1Cl. The highest BCUT2D eigenvalue weighted by Gasteiger charge is 2.33. The number of anilines is 1. The van der Waals surface area contributed by atoms with Crippen molar-refractivity contribution >= 4 is 45.5 Å². The smallest absolute Gasteiger partial charge is 0.410 e. The lowest BCUT2D eigenvalue weighted by molar-refractivity contribution is 0.209. The Labute approximate surface area is 158 Å². The van der Waals surface area contributed by atoms with E-state index >= 15 is 0 Å². The van der Waals surface area contributed by atoms with Crippen molar-refractivity contribution in [2.24, 2.45) is 0 Å². The number of thiazole rings is 1. The zero-order valence-electron chi connectivity index (χ0n) is 14.3. The monoisotopic (exact) mass is 401 g/mol. The highest BCUT2D eigenvalue weighted by atomic mass is 35.5. The lowest BCUT2D eigenvalue weighted by atomic mass is 10.1. The van der Waals surface area contributed by atoms with Gasteiger partial charge < -0.3 is 9.66 Å². The summed E-state index contributed by atoms with van der Waals surface area (Å²) >= 11 is 6.19. The first-order valence-electron chi connectivity index (χ1n) is 7.49. The van der Waals surface area contributed by atoms with Crippen molar-refractivity contribution in [3.05, 3.63) is 45.4 Å². The van der Waals surface area contributed by atoms with Crippen LogP contribution >= 0.6 is 22.9 Å². The van der Waals surface area contributed by atoms with Crippen LogP contribution in [0.1, 0.15) is 42.9 Å². The Morgan fingerprint density at radius 3 is 2.60 bits per heavy atom. The van der Waals surface area contributed by atoms with E-state index in [1.807, 2.05) is 39.0 Å². The number of nitrogens with one attached hydrogen (secondary N) is 2. The third-order valence-corrected chi connectivity index (χ3v) is 6.35. The number of rotatable bonds is 5. The number of hydrogen-bond donors (Lipinski definition) is 3. The molecule has 1 aromatic heterocycles. The molecule has 136 valence electrons. The Balaban J connectivity index is 2.47. The summed E-state index contributed by atoms with van der Waals surface area (Å²) < 4.78 is 15.3. The first kappa shape index (κ1) is 20.0. The second-order valence-electron chi connectivity index (χ2n) is 6.35. The fraction of sp³-hybridized carbons (Fsp3) is 0.375. The minimum absolute atomic E-state index is 0.264. The zero-order valence-corrected chi connectivity index (χ0v) is 16.7. The summed E-state index contributed by atoms with van der Waals surface area (Å²) in [5.74, 6) is 0. The van der Waals surface area contributed by atoms with Gasteiger partial charge in [0.2, 0.25) is 0 Å². The summed E-state index contributed by atoms with van der Waals surface area (Å²) in [6.07, 6.45) is -1.18. The van der Waals surface area contributed by atoms with E-state index in [2.05, 4.69) is 15.0 Å². The number of benzene rings is 1. The molecule has 1 amide bonds. The molecule has 0 aliphatic carbocycles. The van der Waals surface area contributed by atoms with Crippen LogP contribution in [0.4, 0.5) is 9.93 Å². The van der Waals surface area contributed by atoms with E-state index in [0.29, 0.717) is 10.7 Å². The first-order valence-corrected chi connectivity index (χ1v) is 9.83. The number of carboxylic acid groups (broad SMARTS) is 1. The van der Waals surface area contributed by atoms with Crippen LogP contribution in [-0.2, 0) is 11.4 Å². The maximum Gasteiger partial charge on any atom is 0.410 e. The van der Waals surface area contributed by atoms with Gasteiger partial charge in [0.1, 0.15) is 10.8 Å². The van der Waals surface area contributed by atoms with Gasteiger partial charge in [-0.1, -0.05) is 41.1 Å². The van der Waals surface area contributed by atoms with Gasteiger partial charge in [-0.2, -0.15) is 0 Å². The van der Waals surface area contributed by atoms with Gasteiger partial charge in [0.25, 0.3) is 0 Å². The van der Waals surface area contributed by atoms with Gasteiger partial charge in [-0.15, -0.1) is 4.72 Å². The van der Waals surface area contributed by atoms with Crippen molar-refractivity contribution in [2.45, 2.75) is 38.5 Å². The number of nitrogens with zero attached hydrogens (tertiary/aromatic N) is 1. The Kier molecular flexibility index (Phi) is 6.34. The highest BCUT2D eigenvalue weighted by Crippen LogP contribution is 2.36. The molecule has 3 N–H and O–H groups in total. The van der Waals surface area contributed by atoms with Crippen LogP contribution in [0.2, 0.25) is 5.02 Å². The molecular formula is C16H20ClN3O3S2. The molecule has 6 nitrogen and oxygen atoms in total. The molecule has 25 heavy (non-hydrogen) atoms. The molecule has 2 rings (SSSR count). The lowest BCUT2D eigenvalue weighted by Gasteiger charge is -2.28. The third-order valence-electron chi connectivity index (χ3n) is 3.31. The predicted octanol–water partition coefficient (Wildman–Crippen LogP) is 4.34. The van der Waals surface area contributed by atoms with Gasteiger partial charge in [0.05, 0.1) is 10.6 Å². The fourth-order valence-corrected chi connectivity index (χ4v) is 4.23. The van der Waals surface area contributed by atoms with Crippen molar-refractivity contribution in [2.75, 3.05) is 5.32 Å². The molecule has 0 spiro atoms. The Morgan fingerprint density at radius 2 is 2.04 bits per heavy atom. The molecule has 0 aliphatic heterocycles. The maximum absolute atomic E-state index is 12.7. The quantitative estimate of drug-likeness (QED) is 0.647. The molecular weight excluding hydrogens is 382 g/mol. The van der Waals surface area contributed by atoms with E-state index in [-0.39, 0.29) is 5.13 Å². The largest absolute Gasteiger partial charge is 0.598 e. The predicted molar refractivity (Wildman–Crippen MR) is 103 cm³/mol. The van der Waals surface area contributed by atoms with Crippen LogP contribution in [0.3, 0.4) is 0 Å². The van der Waals surface area contributed by atoms with Crippen molar-refractivity contribution in [1.82, 2.24) is 9.71 Å². The Morgan fingerprint density at radius 1 is 1.40 bits per heavy atom. The highest BCUT2D eigenvalue weighted by molar-refractivity contribution is 7.90. The van der Waals surface area contributed by atoms with Crippen LogP contribution in [0, 0.1) is 6.92 Å². The molecule has 9 heteroatoms. The standard InChI is InChI=1S/C16H20ClN3O3S2/c1-9-13(24-14(18-9)19-15(21)22)12(20-25(23)16(2,3)4)10-7-5-6-8-11(10)17/h5-8,12,20H,1-4H3,(H,18,19)(H,21,22). The number of hydrogen-bond acceptors (Lipinski definition) is 5. The second kappa shape index (κ2) is 7.92. The molecule has 2 atom stereocenters. The molecule has 1 heterocycles. The van der Waals surface area contributed by atoms with E-state index in [4.69, 9.17) is 16.7 Å². The van der Waals surface area contributed by atoms with Gasteiger partial charge >= 0.3 is 6.09 Å². The lowest BCUT2D eigenvalue weighted by Crippen LogP contribution is -2.41. The average Bonchev–Trinajstić information content (AvgIpc) is 2.84. The number of aryl methyl sites for hydroxylation is 1. The third kappa shape index (κ3) is 5.08. The van der Waals surface area contributed by atoms with Crippen LogP contribution in [-0.4, -0.2) is 25.5 Å². The topological polar surface area (TPSA) is 97.3 Å². The van der Waals surface area contributed by atoms with Crippen LogP contribution in [0.25, 0.3) is 0 Å². The number of halogens is 1. The Hall–Kier alpha value is -1.32. The summed E-state index contributed by atoms with van der Waals surface area (Å²) in [5, 5.41) is 11.9. The van der Waals surface area contributed by atoms with Gasteiger partial charge in [-0.25, -0.2) is 9.78 Å². The molecule has 2 unspecified atom stereocenters. The van der Waals surface area contributed by atoms with E-state index in [1.54, 1.807) is 13.0 Å². The van der Waals surface area contributed by atoms with Gasteiger partial charge in [0.15, 0.2) is 5.13 Å². The first-order chi connectivity index (χ1) is 11.6. The average molecular weight is 402 g/mol. The van der Waals surface area contributed by atoms with Crippen LogP contribution in [0.5, 0.6) is 0 Å². The molecule has 0 saturated carbocycles. The van der Waals surface area contributed by atoms with Crippen molar-refractivity contribution in [1.29, 1.82) is 0 Å². The van der Waals surface area contributed by atoms with E-state index in [9.17, 15) is 9.35 Å². The van der Waals surface area contributed by atoms with Gasteiger partial charge in [-0.05, 0) is 39.3 Å². The minimum atomic E-state index is -1.35. The zero-order chi connectivity index (χ0) is 18.8. The van der Waals surface area contributed by atoms with Crippen LogP contribution < -0.4 is 10.0 Å². The molecule has 0 saturated heterocycles. The number of carbonyl (C=O) groups is 1. The molecule has 0 radical (unpaired) electrons. The summed E-state index contributed by atoms with van der Waals surface area (Å²) in [6, 6.07) is 6.82. The fourth-order valence-electron chi connectivity index (χ4n) is 2.07. The molecule has 0 aliphatic rings. The van der Waals surface area contributed by atoms with E-state index in [0.717, 1.165) is 10.4 Å². The van der Waals surface area contributed by atoms with Crippen LogP contribution in [0.15, 0.2) is 24.3 Å².